The zero-order chi connectivity index (χ0) is 32.1. The number of ether oxygens (including phenoxy) is 11. The maximum absolute atomic E-state index is 10.9. The van der Waals surface area contributed by atoms with E-state index in [-0.39, 0.29) is 6.61 Å². The molecule has 0 saturated carbocycles. The first-order valence-corrected chi connectivity index (χ1v) is 14.5. The van der Waals surface area contributed by atoms with Gasteiger partial charge in [-0.3, -0.25) is 0 Å². The van der Waals surface area contributed by atoms with E-state index in [1.54, 1.807) is 45.2 Å². The second-order valence-electron chi connectivity index (χ2n) is 11.0. The summed E-state index contributed by atoms with van der Waals surface area (Å²) in [5, 5.41) is 42.2. The number of aliphatic hydroxyl groups excluding tert-OH is 4. The summed E-state index contributed by atoms with van der Waals surface area (Å²) in [4.78, 5) is 0. The van der Waals surface area contributed by atoms with Crippen molar-refractivity contribution in [2.24, 2.45) is 0 Å². The monoisotopic (exact) mass is 634 g/mol. The molecular weight excluding hydrogens is 588 g/mol. The van der Waals surface area contributed by atoms with Gasteiger partial charge >= 0.3 is 0 Å². The molecule has 0 aromatic heterocycles. The SMILES string of the molecule is COC[C@H]1O[C@@H](O[C@@H]2[C@@H](OC)[C@@H](OC)[C@H](O[C@H]3[C@H](Oc4ccc(OC)cc4)O[C@@H](C)[C@H](O)[C@H]3OC)O[C@H]2C)[C@H](O)[C@@H](O)[C@@H]1O. The Labute approximate surface area is 256 Å². The normalized spacial score (nSPS) is 43.0. The summed E-state index contributed by atoms with van der Waals surface area (Å²) in [5.74, 6) is 1.12. The van der Waals surface area contributed by atoms with Crippen molar-refractivity contribution in [1.29, 1.82) is 0 Å². The van der Waals surface area contributed by atoms with Gasteiger partial charge in [0.25, 0.3) is 0 Å². The lowest BCUT2D eigenvalue weighted by molar-refractivity contribution is -0.379. The predicted molar refractivity (Wildman–Crippen MR) is 149 cm³/mol. The molecule has 3 fully saturated rings. The van der Waals surface area contributed by atoms with E-state index in [4.69, 9.17) is 52.1 Å². The zero-order valence-electron chi connectivity index (χ0n) is 26.0. The highest BCUT2D eigenvalue weighted by Gasteiger charge is 2.54. The van der Waals surface area contributed by atoms with Crippen molar-refractivity contribution < 1.29 is 72.5 Å². The molecule has 252 valence electrons. The molecule has 4 rings (SSSR count). The van der Waals surface area contributed by atoms with Gasteiger partial charge in [0.2, 0.25) is 6.29 Å². The van der Waals surface area contributed by atoms with Crippen LogP contribution in [0.5, 0.6) is 11.5 Å². The number of benzene rings is 1. The Balaban J connectivity index is 1.54. The Hall–Kier alpha value is -1.70. The summed E-state index contributed by atoms with van der Waals surface area (Å²) >= 11 is 0. The fraction of sp³-hybridized carbons (Fsp3) is 0.793. The zero-order valence-corrected chi connectivity index (χ0v) is 26.0. The van der Waals surface area contributed by atoms with Gasteiger partial charge in [-0.05, 0) is 38.1 Å². The lowest BCUT2D eigenvalue weighted by atomic mass is 9.96. The number of hydrogen-bond acceptors (Lipinski definition) is 15. The summed E-state index contributed by atoms with van der Waals surface area (Å²) < 4.78 is 64.2. The number of hydrogen-bond donors (Lipinski definition) is 4. The van der Waals surface area contributed by atoms with Gasteiger partial charge in [-0.15, -0.1) is 0 Å². The van der Waals surface area contributed by atoms with Gasteiger partial charge in [-0.25, -0.2) is 0 Å². The molecule has 3 saturated heterocycles. The molecule has 0 unspecified atom stereocenters. The largest absolute Gasteiger partial charge is 0.497 e. The third-order valence-electron chi connectivity index (χ3n) is 8.20. The van der Waals surface area contributed by atoms with Gasteiger partial charge in [-0.1, -0.05) is 0 Å². The van der Waals surface area contributed by atoms with Crippen LogP contribution in [0.1, 0.15) is 13.8 Å². The van der Waals surface area contributed by atoms with Gasteiger partial charge in [0, 0.05) is 28.4 Å². The van der Waals surface area contributed by atoms with E-state index >= 15 is 0 Å². The van der Waals surface area contributed by atoms with Crippen LogP contribution in [0.4, 0.5) is 0 Å². The van der Waals surface area contributed by atoms with E-state index in [0.717, 1.165) is 0 Å². The van der Waals surface area contributed by atoms with Crippen molar-refractivity contribution in [2.45, 2.75) is 106 Å². The molecule has 15 heteroatoms. The Morgan fingerprint density at radius 1 is 0.568 bits per heavy atom. The van der Waals surface area contributed by atoms with Crippen molar-refractivity contribution >= 4 is 0 Å². The Morgan fingerprint density at radius 3 is 1.75 bits per heavy atom. The maximum atomic E-state index is 10.9. The summed E-state index contributed by atoms with van der Waals surface area (Å²) in [5.41, 5.74) is 0. The number of methoxy groups -OCH3 is 5. The highest BCUT2D eigenvalue weighted by Crippen LogP contribution is 2.35. The summed E-state index contributed by atoms with van der Waals surface area (Å²) in [6.45, 7) is 3.37. The molecule has 1 aromatic rings. The van der Waals surface area contributed by atoms with E-state index in [9.17, 15) is 20.4 Å². The van der Waals surface area contributed by atoms with E-state index in [1.807, 2.05) is 0 Å². The van der Waals surface area contributed by atoms with Crippen molar-refractivity contribution in [3.63, 3.8) is 0 Å². The average Bonchev–Trinajstić information content (AvgIpc) is 3.02. The molecule has 3 aliphatic heterocycles. The molecule has 4 N–H and O–H groups in total. The molecule has 0 amide bonds. The van der Waals surface area contributed by atoms with Gasteiger partial charge in [-0.2, -0.15) is 0 Å². The van der Waals surface area contributed by atoms with E-state index in [0.29, 0.717) is 11.5 Å². The minimum Gasteiger partial charge on any atom is -0.497 e. The predicted octanol–water partition coefficient (Wildman–Crippen LogP) is -0.806. The lowest BCUT2D eigenvalue weighted by Gasteiger charge is -2.49. The van der Waals surface area contributed by atoms with E-state index < -0.39 is 92.1 Å². The quantitative estimate of drug-likeness (QED) is 0.224. The minimum atomic E-state index is -1.57. The van der Waals surface area contributed by atoms with Crippen LogP contribution >= 0.6 is 0 Å². The van der Waals surface area contributed by atoms with Crippen LogP contribution in [0.25, 0.3) is 0 Å². The standard InChI is InChI=1S/C29H46O15/c1-13-18(30)23(36-5)26(29(39-13)41-16-10-8-15(35-4)9-11-16)44-28-25(38-7)24(37-6)22(14(2)40-28)43-27-21(33)20(32)19(31)17(42-27)12-34-3/h8-11,13-14,17-33H,12H2,1-7H3/t13-,14-,17+,18-,19+,20-,21+,22-,23+,24+,25+,26+,27-,28-,29-/m0/s1. The van der Waals surface area contributed by atoms with Crippen molar-refractivity contribution in [3.05, 3.63) is 24.3 Å². The minimum absolute atomic E-state index is 0.0415. The average molecular weight is 635 g/mol. The maximum Gasteiger partial charge on any atom is 0.229 e. The van der Waals surface area contributed by atoms with Gasteiger partial charge in [0.15, 0.2) is 18.7 Å². The molecule has 0 spiro atoms. The Bertz CT molecular complexity index is 999. The topological polar surface area (TPSA) is 182 Å². The van der Waals surface area contributed by atoms with E-state index in [2.05, 4.69) is 0 Å². The highest BCUT2D eigenvalue weighted by atomic mass is 16.8. The van der Waals surface area contributed by atoms with Crippen LogP contribution in [0.15, 0.2) is 24.3 Å². The van der Waals surface area contributed by atoms with Gasteiger partial charge in [0.05, 0.1) is 25.9 Å². The van der Waals surface area contributed by atoms with Crippen LogP contribution in [0, 0.1) is 0 Å². The fourth-order valence-corrected chi connectivity index (χ4v) is 5.71. The molecule has 15 atom stereocenters. The smallest absolute Gasteiger partial charge is 0.229 e. The van der Waals surface area contributed by atoms with Crippen LogP contribution in [0.3, 0.4) is 0 Å². The van der Waals surface area contributed by atoms with Crippen LogP contribution in [-0.4, -0.2) is 155 Å². The third kappa shape index (κ3) is 7.47. The number of rotatable bonds is 12. The summed E-state index contributed by atoms with van der Waals surface area (Å²) in [6, 6.07) is 6.90. The Morgan fingerprint density at radius 2 is 1.16 bits per heavy atom. The summed E-state index contributed by atoms with van der Waals surface area (Å²) in [6.07, 6.45) is -15.8. The number of aliphatic hydroxyl groups is 4. The first-order valence-electron chi connectivity index (χ1n) is 14.5. The molecule has 0 radical (unpaired) electrons. The van der Waals surface area contributed by atoms with Crippen molar-refractivity contribution in [2.75, 3.05) is 42.2 Å². The van der Waals surface area contributed by atoms with Gasteiger partial charge in [0.1, 0.15) is 66.4 Å². The van der Waals surface area contributed by atoms with Crippen molar-refractivity contribution in [3.8, 4) is 11.5 Å². The molecule has 0 aliphatic carbocycles. The third-order valence-corrected chi connectivity index (χ3v) is 8.20. The molecule has 15 nitrogen and oxygen atoms in total. The Kier molecular flexibility index (Phi) is 12.6. The molecular formula is C29H46O15. The first-order chi connectivity index (χ1) is 21.1. The van der Waals surface area contributed by atoms with Crippen LogP contribution in [-0.2, 0) is 42.6 Å². The van der Waals surface area contributed by atoms with Crippen molar-refractivity contribution in [1.82, 2.24) is 0 Å². The van der Waals surface area contributed by atoms with E-state index in [1.165, 1.54) is 28.4 Å². The first kappa shape index (κ1) is 35.2. The molecule has 3 aliphatic rings. The fourth-order valence-electron chi connectivity index (χ4n) is 5.71. The molecule has 0 bridgehead atoms. The molecule has 3 heterocycles. The second-order valence-corrected chi connectivity index (χ2v) is 11.0. The van der Waals surface area contributed by atoms with Crippen LogP contribution in [0.2, 0.25) is 0 Å². The summed E-state index contributed by atoms with van der Waals surface area (Å²) in [7, 11) is 7.33. The second kappa shape index (κ2) is 15.7. The molecule has 1 aromatic carbocycles. The van der Waals surface area contributed by atoms with Crippen LogP contribution < -0.4 is 9.47 Å². The highest BCUT2D eigenvalue weighted by molar-refractivity contribution is 5.31. The van der Waals surface area contributed by atoms with Gasteiger partial charge < -0.3 is 72.5 Å². The lowest BCUT2D eigenvalue weighted by Crippen LogP contribution is -2.66. The molecule has 44 heavy (non-hydrogen) atoms.